The van der Waals surface area contributed by atoms with Crippen molar-refractivity contribution in [1.82, 2.24) is 14.1 Å². The molecule has 13 heteroatoms. The molecule has 2 N–H and O–H groups in total. The predicted molar refractivity (Wildman–Crippen MR) is 165 cm³/mol. The summed E-state index contributed by atoms with van der Waals surface area (Å²) in [6.45, 7) is 0.927. The van der Waals surface area contributed by atoms with E-state index >= 15 is 4.39 Å². The van der Waals surface area contributed by atoms with Gasteiger partial charge in [-0.15, -0.1) is 0 Å². The number of benzene rings is 4. The Kier molecular flexibility index (Phi) is 10.2. The van der Waals surface area contributed by atoms with Crippen molar-refractivity contribution < 1.29 is 33.4 Å². The van der Waals surface area contributed by atoms with Gasteiger partial charge in [0.2, 0.25) is 5.75 Å². The molecule has 11 nitrogen and oxygen atoms in total. The van der Waals surface area contributed by atoms with E-state index in [-0.39, 0.29) is 49.1 Å². The maximum Gasteiger partial charge on any atom is 0.325 e. The van der Waals surface area contributed by atoms with Crippen LogP contribution >= 0.6 is 11.7 Å². The van der Waals surface area contributed by atoms with Gasteiger partial charge in [-0.3, -0.25) is 20.2 Å². The summed E-state index contributed by atoms with van der Waals surface area (Å²) in [4.78, 5) is 23.7. The van der Waals surface area contributed by atoms with Gasteiger partial charge in [0.25, 0.3) is 0 Å². The molecular formula is C32H29FN4O7S. The predicted octanol–water partition coefficient (Wildman–Crippen LogP) is 5.58. The van der Waals surface area contributed by atoms with Gasteiger partial charge in [-0.05, 0) is 30.2 Å². The molecule has 5 rings (SSSR count). The molecule has 0 aliphatic carbocycles. The molecule has 1 atom stereocenters. The maximum absolute atomic E-state index is 15.5. The minimum atomic E-state index is -1.06. The summed E-state index contributed by atoms with van der Waals surface area (Å²) in [5, 5.41) is 24.7. The molecule has 45 heavy (non-hydrogen) atoms. The smallest absolute Gasteiger partial charge is 0.325 e. The Balaban J connectivity index is 1.44. The standard InChI is InChI=1S/C32H29FN4O7S/c1-2-42-32(39)27(17-38)34-16-23-14-28(37(40)41)30(15-29(23)43-18-20-11-12-25-26(13-20)36-45-35-25)44-19-22-9-6-10-24(31(22)33)21-7-4-3-5-8-21/h3-15,27,34,38H,2,16-19H2,1H3. The molecule has 5 aromatic rings. The fraction of sp³-hybridized carbons (Fsp3) is 0.219. The number of rotatable bonds is 14. The lowest BCUT2D eigenvalue weighted by Gasteiger charge is -2.18. The number of ether oxygens (including phenoxy) is 3. The van der Waals surface area contributed by atoms with E-state index in [1.807, 2.05) is 24.3 Å². The van der Waals surface area contributed by atoms with Crippen molar-refractivity contribution in [3.8, 4) is 22.6 Å². The van der Waals surface area contributed by atoms with Crippen molar-refractivity contribution in [2.24, 2.45) is 0 Å². The Morgan fingerprint density at radius 1 is 0.978 bits per heavy atom. The zero-order valence-electron chi connectivity index (χ0n) is 24.1. The minimum absolute atomic E-state index is 0.0762. The lowest BCUT2D eigenvalue weighted by molar-refractivity contribution is -0.386. The summed E-state index contributed by atoms with van der Waals surface area (Å²) >= 11 is 1.09. The first-order valence-corrected chi connectivity index (χ1v) is 14.7. The quantitative estimate of drug-likeness (QED) is 0.0904. The van der Waals surface area contributed by atoms with Gasteiger partial charge in [0.15, 0.2) is 0 Å². The van der Waals surface area contributed by atoms with E-state index in [9.17, 15) is 20.0 Å². The molecule has 0 fully saturated rings. The Bertz CT molecular complexity index is 1800. The topological polar surface area (TPSA) is 146 Å². The molecular weight excluding hydrogens is 603 g/mol. The minimum Gasteiger partial charge on any atom is -0.488 e. The van der Waals surface area contributed by atoms with Crippen molar-refractivity contribution in [3.63, 3.8) is 0 Å². The number of fused-ring (bicyclic) bond motifs is 1. The van der Waals surface area contributed by atoms with Gasteiger partial charge in [-0.2, -0.15) is 8.75 Å². The molecule has 1 unspecified atom stereocenters. The first-order chi connectivity index (χ1) is 21.9. The number of hydrogen-bond donors (Lipinski definition) is 2. The Morgan fingerprint density at radius 3 is 2.51 bits per heavy atom. The van der Waals surface area contributed by atoms with Crippen LogP contribution in [0.25, 0.3) is 22.2 Å². The van der Waals surface area contributed by atoms with Crippen molar-refractivity contribution in [3.05, 3.63) is 111 Å². The zero-order valence-corrected chi connectivity index (χ0v) is 25.0. The van der Waals surface area contributed by atoms with Crippen LogP contribution in [0.5, 0.6) is 11.5 Å². The molecule has 0 bridgehead atoms. The van der Waals surface area contributed by atoms with Gasteiger partial charge >= 0.3 is 11.7 Å². The second-order valence-electron chi connectivity index (χ2n) is 9.86. The number of nitrogens with zero attached hydrogens (tertiary/aromatic N) is 3. The average Bonchev–Trinajstić information content (AvgIpc) is 3.52. The monoisotopic (exact) mass is 632 g/mol. The molecule has 0 saturated heterocycles. The Hall–Kier alpha value is -4.98. The molecule has 0 spiro atoms. The molecule has 1 aromatic heterocycles. The number of nitrogens with one attached hydrogen (secondary N) is 1. The third kappa shape index (κ3) is 7.58. The van der Waals surface area contributed by atoms with E-state index in [1.54, 1.807) is 49.4 Å². The van der Waals surface area contributed by atoms with Crippen LogP contribution in [0.15, 0.2) is 78.9 Å². The summed E-state index contributed by atoms with van der Waals surface area (Å²) < 4.78 is 40.9. The van der Waals surface area contributed by atoms with E-state index in [0.29, 0.717) is 22.2 Å². The van der Waals surface area contributed by atoms with Crippen LogP contribution in [-0.4, -0.2) is 44.0 Å². The number of halogens is 1. The Morgan fingerprint density at radius 2 is 1.76 bits per heavy atom. The molecule has 4 aromatic carbocycles. The van der Waals surface area contributed by atoms with Crippen LogP contribution in [0.1, 0.15) is 23.6 Å². The number of aliphatic hydroxyl groups is 1. The largest absolute Gasteiger partial charge is 0.488 e. The lowest BCUT2D eigenvalue weighted by Crippen LogP contribution is -2.40. The number of aromatic nitrogens is 2. The summed E-state index contributed by atoms with van der Waals surface area (Å²) in [7, 11) is 0. The molecule has 0 aliphatic rings. The van der Waals surface area contributed by atoms with Gasteiger partial charge in [0.1, 0.15) is 41.9 Å². The molecule has 232 valence electrons. The molecule has 0 aliphatic heterocycles. The van der Waals surface area contributed by atoms with Crippen LogP contribution < -0.4 is 14.8 Å². The fourth-order valence-electron chi connectivity index (χ4n) is 4.59. The van der Waals surface area contributed by atoms with E-state index in [1.165, 1.54) is 12.1 Å². The normalized spacial score (nSPS) is 11.7. The highest BCUT2D eigenvalue weighted by atomic mass is 32.1. The highest BCUT2D eigenvalue weighted by Crippen LogP contribution is 2.36. The van der Waals surface area contributed by atoms with Crippen molar-refractivity contribution in [2.75, 3.05) is 13.2 Å². The van der Waals surface area contributed by atoms with Crippen LogP contribution in [0.4, 0.5) is 10.1 Å². The number of nitro benzene ring substituents is 1. The summed E-state index contributed by atoms with van der Waals surface area (Å²) in [5.41, 5.74) is 3.44. The van der Waals surface area contributed by atoms with Gasteiger partial charge < -0.3 is 19.3 Å². The SMILES string of the molecule is CCOC(=O)C(CO)NCc1cc([N+](=O)[O-])c(OCc2cccc(-c3ccccc3)c2F)cc1OCc1ccc2nsnc2c1. The number of nitro groups is 1. The number of carbonyl (C=O) groups is 1. The van der Waals surface area contributed by atoms with Crippen molar-refractivity contribution in [2.45, 2.75) is 32.7 Å². The Labute approximate surface area is 261 Å². The van der Waals surface area contributed by atoms with Crippen molar-refractivity contribution in [1.29, 1.82) is 0 Å². The van der Waals surface area contributed by atoms with E-state index < -0.39 is 29.4 Å². The average molecular weight is 633 g/mol. The summed E-state index contributed by atoms with van der Waals surface area (Å²) in [6.07, 6.45) is 0. The number of aliphatic hydroxyl groups excluding tert-OH is 1. The number of esters is 1. The molecule has 0 saturated carbocycles. The summed E-state index contributed by atoms with van der Waals surface area (Å²) in [6, 6.07) is 21.0. The maximum atomic E-state index is 15.5. The van der Waals surface area contributed by atoms with Gasteiger partial charge in [0, 0.05) is 35.4 Å². The first-order valence-electron chi connectivity index (χ1n) is 14.0. The lowest BCUT2D eigenvalue weighted by atomic mass is 10.0. The zero-order chi connectivity index (χ0) is 31.8. The highest BCUT2D eigenvalue weighted by molar-refractivity contribution is 7.00. The number of carbonyl (C=O) groups excluding carboxylic acids is 1. The van der Waals surface area contributed by atoms with Crippen LogP contribution in [0, 0.1) is 15.9 Å². The first kappa shape index (κ1) is 31.4. The van der Waals surface area contributed by atoms with Gasteiger partial charge in [-0.25, -0.2) is 4.39 Å². The van der Waals surface area contributed by atoms with Gasteiger partial charge in [0.05, 0.1) is 29.9 Å². The van der Waals surface area contributed by atoms with Crippen molar-refractivity contribution >= 4 is 34.4 Å². The third-order valence-electron chi connectivity index (χ3n) is 6.89. The third-order valence-corrected chi connectivity index (χ3v) is 7.45. The second kappa shape index (κ2) is 14.7. The second-order valence-corrected chi connectivity index (χ2v) is 10.4. The molecule has 0 amide bonds. The van der Waals surface area contributed by atoms with E-state index in [2.05, 4.69) is 14.1 Å². The summed E-state index contributed by atoms with van der Waals surface area (Å²) in [5.74, 6) is -1.07. The van der Waals surface area contributed by atoms with Crippen LogP contribution in [0.3, 0.4) is 0 Å². The van der Waals surface area contributed by atoms with E-state index in [0.717, 1.165) is 22.8 Å². The van der Waals surface area contributed by atoms with Crippen LogP contribution in [-0.2, 0) is 29.3 Å². The fourth-order valence-corrected chi connectivity index (χ4v) is 5.11. The van der Waals surface area contributed by atoms with E-state index in [4.69, 9.17) is 14.2 Å². The molecule has 1 heterocycles. The molecule has 0 radical (unpaired) electrons. The highest BCUT2D eigenvalue weighted by Gasteiger charge is 2.24. The number of hydrogen-bond acceptors (Lipinski definition) is 11. The van der Waals surface area contributed by atoms with Gasteiger partial charge in [-0.1, -0.05) is 54.6 Å². The van der Waals surface area contributed by atoms with Crippen LogP contribution in [0.2, 0.25) is 0 Å².